The fraction of sp³-hybridized carbons (Fsp3) is 1.00. The summed E-state index contributed by atoms with van der Waals surface area (Å²) in [7, 11) is 0. The predicted molar refractivity (Wildman–Crippen MR) is 76.3 cm³/mol. The molecule has 0 aromatic carbocycles. The Morgan fingerprint density at radius 3 is 2.69 bits per heavy atom. The monoisotopic (exact) mass is 337 g/mol. The number of hydrogen-bond donors (Lipinski definition) is 1. The van der Waals surface area contributed by atoms with Gasteiger partial charge in [-0.05, 0) is 45.2 Å². The zero-order chi connectivity index (χ0) is 11.5. The molecule has 2 nitrogen and oxygen atoms in total. The van der Waals surface area contributed by atoms with Crippen molar-refractivity contribution in [1.82, 2.24) is 5.32 Å². The lowest BCUT2D eigenvalue weighted by molar-refractivity contribution is -0.0831. The lowest BCUT2D eigenvalue weighted by Crippen LogP contribution is -2.45. The predicted octanol–water partition coefficient (Wildman–Crippen LogP) is 3.28. The zero-order valence-corrected chi connectivity index (χ0v) is 12.5. The van der Waals surface area contributed by atoms with Crippen molar-refractivity contribution in [3.8, 4) is 0 Å². The van der Waals surface area contributed by atoms with E-state index in [0.717, 1.165) is 19.7 Å². The molecular weight excluding hydrogens is 313 g/mol. The Hall–Kier alpha value is 0.650. The molecule has 1 saturated heterocycles. The van der Waals surface area contributed by atoms with Crippen LogP contribution < -0.4 is 5.32 Å². The molecule has 0 aromatic heterocycles. The van der Waals surface area contributed by atoms with E-state index in [1.54, 1.807) is 0 Å². The summed E-state index contributed by atoms with van der Waals surface area (Å²) in [5.74, 6) is 0. The average Bonchev–Trinajstić information content (AvgIpc) is 2.66. The first kappa shape index (κ1) is 13.1. The number of nitrogens with one attached hydrogen (secondary N) is 1. The van der Waals surface area contributed by atoms with E-state index in [4.69, 9.17) is 4.74 Å². The number of rotatable bonds is 4. The number of halogens is 1. The minimum absolute atomic E-state index is 0.269. The normalized spacial score (nSPS) is 33.4. The van der Waals surface area contributed by atoms with E-state index in [1.807, 2.05) is 0 Å². The van der Waals surface area contributed by atoms with Crippen molar-refractivity contribution in [2.75, 3.05) is 19.7 Å². The van der Waals surface area contributed by atoms with Crippen LogP contribution in [0.1, 0.15) is 51.9 Å². The van der Waals surface area contributed by atoms with E-state index in [1.165, 1.54) is 44.9 Å². The fourth-order valence-corrected chi connectivity index (χ4v) is 4.40. The van der Waals surface area contributed by atoms with Gasteiger partial charge in [-0.15, -0.1) is 0 Å². The summed E-state index contributed by atoms with van der Waals surface area (Å²) < 4.78 is 6.59. The van der Waals surface area contributed by atoms with Crippen molar-refractivity contribution in [3.63, 3.8) is 0 Å². The van der Waals surface area contributed by atoms with Crippen LogP contribution in [0.2, 0.25) is 0 Å². The molecule has 0 unspecified atom stereocenters. The molecule has 94 valence electrons. The van der Waals surface area contributed by atoms with Gasteiger partial charge in [0.25, 0.3) is 0 Å². The Kier molecular flexibility index (Phi) is 4.52. The van der Waals surface area contributed by atoms with Crippen LogP contribution in [0.5, 0.6) is 0 Å². The lowest BCUT2D eigenvalue weighted by Gasteiger charge is -2.43. The van der Waals surface area contributed by atoms with Gasteiger partial charge >= 0.3 is 0 Å². The van der Waals surface area contributed by atoms with Gasteiger partial charge in [-0.25, -0.2) is 0 Å². The summed E-state index contributed by atoms with van der Waals surface area (Å²) in [4.78, 5) is 0. The number of ether oxygens (including phenoxy) is 1. The molecule has 16 heavy (non-hydrogen) atoms. The molecule has 0 aromatic rings. The Bertz CT molecular complexity index is 228. The zero-order valence-electron chi connectivity index (χ0n) is 10.4. The third kappa shape index (κ3) is 3.10. The van der Waals surface area contributed by atoms with Gasteiger partial charge in [0, 0.05) is 10.0 Å². The highest BCUT2D eigenvalue weighted by molar-refractivity contribution is 14.1. The summed E-state index contributed by atoms with van der Waals surface area (Å²) in [6, 6.07) is 0. The van der Waals surface area contributed by atoms with Crippen LogP contribution in [0.3, 0.4) is 0 Å². The highest BCUT2D eigenvalue weighted by atomic mass is 127. The van der Waals surface area contributed by atoms with Crippen molar-refractivity contribution in [3.05, 3.63) is 0 Å². The second-order valence-electron chi connectivity index (χ2n) is 5.42. The third-order valence-corrected chi connectivity index (χ3v) is 5.57. The second-order valence-corrected chi connectivity index (χ2v) is 7.71. The van der Waals surface area contributed by atoms with Gasteiger partial charge in [0.15, 0.2) is 0 Å². The minimum Gasteiger partial charge on any atom is -0.375 e. The second kappa shape index (κ2) is 5.53. The Balaban J connectivity index is 1.89. The molecule has 1 atom stereocenters. The SMILES string of the molecule is CCNCC[C@@]1(I)CCOC2(CCCC2)C1. The fourth-order valence-electron chi connectivity index (χ4n) is 3.21. The van der Waals surface area contributed by atoms with Gasteiger partial charge in [0.2, 0.25) is 0 Å². The van der Waals surface area contributed by atoms with Crippen molar-refractivity contribution >= 4 is 22.6 Å². The topological polar surface area (TPSA) is 21.3 Å². The highest BCUT2D eigenvalue weighted by Crippen LogP contribution is 2.48. The summed E-state index contributed by atoms with van der Waals surface area (Å²) >= 11 is 2.71. The van der Waals surface area contributed by atoms with Crippen LogP contribution >= 0.6 is 22.6 Å². The maximum atomic E-state index is 6.10. The quantitative estimate of drug-likeness (QED) is 0.483. The average molecular weight is 337 g/mol. The first-order valence-corrected chi connectivity index (χ1v) is 7.80. The number of hydrogen-bond acceptors (Lipinski definition) is 2. The van der Waals surface area contributed by atoms with Crippen LogP contribution in [-0.4, -0.2) is 28.7 Å². The molecule has 2 rings (SSSR count). The van der Waals surface area contributed by atoms with E-state index >= 15 is 0 Å². The van der Waals surface area contributed by atoms with E-state index in [2.05, 4.69) is 34.8 Å². The highest BCUT2D eigenvalue weighted by Gasteiger charge is 2.45. The van der Waals surface area contributed by atoms with Crippen LogP contribution in [0.25, 0.3) is 0 Å². The molecular formula is C13H24INO. The van der Waals surface area contributed by atoms with Gasteiger partial charge < -0.3 is 10.1 Å². The molecule has 0 amide bonds. The molecule has 0 bridgehead atoms. The van der Waals surface area contributed by atoms with Crippen molar-refractivity contribution in [2.24, 2.45) is 0 Å². The van der Waals surface area contributed by atoms with Crippen LogP contribution in [0, 0.1) is 0 Å². The molecule has 1 aliphatic heterocycles. The molecule has 1 spiro atoms. The smallest absolute Gasteiger partial charge is 0.0695 e. The molecule has 0 radical (unpaired) electrons. The lowest BCUT2D eigenvalue weighted by atomic mass is 9.83. The first-order valence-electron chi connectivity index (χ1n) is 6.72. The van der Waals surface area contributed by atoms with E-state index in [0.29, 0.717) is 3.42 Å². The Labute approximate surface area is 113 Å². The van der Waals surface area contributed by atoms with Gasteiger partial charge in [0.05, 0.1) is 5.60 Å². The minimum atomic E-state index is 0.269. The summed E-state index contributed by atoms with van der Waals surface area (Å²) in [5.41, 5.74) is 0.269. The van der Waals surface area contributed by atoms with Crippen molar-refractivity contribution in [1.29, 1.82) is 0 Å². The molecule has 1 aliphatic carbocycles. The molecule has 1 saturated carbocycles. The maximum absolute atomic E-state index is 6.10. The summed E-state index contributed by atoms with van der Waals surface area (Å²) in [6.45, 7) is 5.42. The summed E-state index contributed by atoms with van der Waals surface area (Å²) in [5, 5.41) is 3.45. The van der Waals surface area contributed by atoms with E-state index in [-0.39, 0.29) is 5.60 Å². The van der Waals surface area contributed by atoms with Gasteiger partial charge in [-0.2, -0.15) is 0 Å². The van der Waals surface area contributed by atoms with Crippen molar-refractivity contribution in [2.45, 2.75) is 60.9 Å². The summed E-state index contributed by atoms with van der Waals surface area (Å²) in [6.07, 6.45) is 9.18. The first-order chi connectivity index (χ1) is 7.68. The number of alkyl halides is 1. The van der Waals surface area contributed by atoms with Gasteiger partial charge in [0.1, 0.15) is 0 Å². The van der Waals surface area contributed by atoms with Crippen LogP contribution in [0.15, 0.2) is 0 Å². The van der Waals surface area contributed by atoms with E-state index < -0.39 is 0 Å². The van der Waals surface area contributed by atoms with Crippen LogP contribution in [0.4, 0.5) is 0 Å². The van der Waals surface area contributed by atoms with Crippen LogP contribution in [-0.2, 0) is 4.74 Å². The molecule has 2 fully saturated rings. The van der Waals surface area contributed by atoms with Crippen molar-refractivity contribution < 1.29 is 4.74 Å². The maximum Gasteiger partial charge on any atom is 0.0695 e. The Morgan fingerprint density at radius 2 is 2.00 bits per heavy atom. The molecule has 3 heteroatoms. The Morgan fingerprint density at radius 1 is 1.25 bits per heavy atom. The van der Waals surface area contributed by atoms with Gasteiger partial charge in [-0.1, -0.05) is 42.4 Å². The third-order valence-electron chi connectivity index (χ3n) is 4.11. The largest absolute Gasteiger partial charge is 0.375 e. The molecule has 1 N–H and O–H groups in total. The molecule has 1 heterocycles. The standard InChI is InChI=1S/C13H24INO/c1-2-15-9-7-12(14)8-10-16-13(11-12)5-3-4-6-13/h15H,2-11H2,1H3/t12-/m1/s1. The van der Waals surface area contributed by atoms with Gasteiger partial charge in [-0.3, -0.25) is 0 Å². The van der Waals surface area contributed by atoms with E-state index in [9.17, 15) is 0 Å². The molecule has 2 aliphatic rings.